The van der Waals surface area contributed by atoms with Crippen LogP contribution in [0, 0.1) is 11.8 Å². The van der Waals surface area contributed by atoms with E-state index in [0.717, 1.165) is 11.8 Å². The van der Waals surface area contributed by atoms with E-state index in [0.29, 0.717) is 0 Å². The maximum atomic E-state index is 3.81. The van der Waals surface area contributed by atoms with Crippen LogP contribution >= 0.6 is 0 Å². The lowest BCUT2D eigenvalue weighted by molar-refractivity contribution is 0.220. The molecule has 0 unspecified atom stereocenters. The Morgan fingerprint density at radius 3 is 2.64 bits per heavy atom. The first kappa shape index (κ1) is 8.83. The molecule has 0 saturated heterocycles. The van der Waals surface area contributed by atoms with Crippen molar-refractivity contribution in [1.82, 2.24) is 0 Å². The highest BCUT2D eigenvalue weighted by Crippen LogP contribution is 2.37. The maximum absolute atomic E-state index is 3.81. The fourth-order valence-corrected chi connectivity index (χ4v) is 1.90. The van der Waals surface area contributed by atoms with Gasteiger partial charge in [-0.1, -0.05) is 38.7 Å². The van der Waals surface area contributed by atoms with Gasteiger partial charge < -0.3 is 0 Å². The Morgan fingerprint density at radius 2 is 2.09 bits per heavy atom. The first-order chi connectivity index (χ1) is 5.36. The molecule has 0 spiro atoms. The van der Waals surface area contributed by atoms with Crippen LogP contribution in [0.2, 0.25) is 0 Å². The van der Waals surface area contributed by atoms with Gasteiger partial charge in [0.05, 0.1) is 0 Å². The van der Waals surface area contributed by atoms with E-state index in [4.69, 9.17) is 0 Å². The summed E-state index contributed by atoms with van der Waals surface area (Å²) in [7, 11) is 0. The predicted molar refractivity (Wildman–Crippen MR) is 50.6 cm³/mol. The quantitative estimate of drug-likeness (QED) is 0.415. The fraction of sp³-hybridized carbons (Fsp3) is 0.818. The third kappa shape index (κ3) is 2.69. The van der Waals surface area contributed by atoms with Crippen molar-refractivity contribution in [2.24, 2.45) is 11.8 Å². The highest BCUT2D eigenvalue weighted by atomic mass is 14.3. The van der Waals surface area contributed by atoms with E-state index in [1.54, 1.807) is 0 Å². The summed E-state index contributed by atoms with van der Waals surface area (Å²) < 4.78 is 0. The molecule has 0 aromatic heterocycles. The van der Waals surface area contributed by atoms with Crippen LogP contribution in [0.25, 0.3) is 0 Å². The molecular formula is C11H20. The van der Waals surface area contributed by atoms with Crippen LogP contribution in [0.1, 0.15) is 45.4 Å². The van der Waals surface area contributed by atoms with Crippen molar-refractivity contribution >= 4 is 0 Å². The lowest BCUT2D eigenvalue weighted by atomic mass is 9.73. The SMILES string of the molecule is C=CC1CC(CCCCC)C1. The normalized spacial score (nSPS) is 29.5. The first-order valence-electron chi connectivity index (χ1n) is 4.99. The zero-order valence-electron chi connectivity index (χ0n) is 7.68. The Labute approximate surface area is 70.7 Å². The average molecular weight is 152 g/mol. The molecule has 64 valence electrons. The predicted octanol–water partition coefficient (Wildman–Crippen LogP) is 3.78. The number of hydrogen-bond acceptors (Lipinski definition) is 0. The van der Waals surface area contributed by atoms with E-state index >= 15 is 0 Å². The second-order valence-corrected chi connectivity index (χ2v) is 3.83. The zero-order valence-corrected chi connectivity index (χ0v) is 7.68. The standard InChI is InChI=1S/C11H20/c1-3-5-6-7-11-8-10(4-2)9-11/h4,10-11H,2-3,5-9H2,1H3. The molecule has 0 amide bonds. The third-order valence-electron chi connectivity index (χ3n) is 2.82. The minimum Gasteiger partial charge on any atom is -0.103 e. The van der Waals surface area contributed by atoms with Gasteiger partial charge in [0.15, 0.2) is 0 Å². The lowest BCUT2D eigenvalue weighted by Crippen LogP contribution is -2.21. The summed E-state index contributed by atoms with van der Waals surface area (Å²) in [4.78, 5) is 0. The van der Waals surface area contributed by atoms with E-state index in [-0.39, 0.29) is 0 Å². The van der Waals surface area contributed by atoms with Crippen LogP contribution in [0.15, 0.2) is 12.7 Å². The topological polar surface area (TPSA) is 0 Å². The second kappa shape index (κ2) is 4.58. The average Bonchev–Trinajstić information content (AvgIpc) is 1.94. The molecule has 0 bridgehead atoms. The summed E-state index contributed by atoms with van der Waals surface area (Å²) in [5.41, 5.74) is 0. The Kier molecular flexibility index (Phi) is 3.68. The maximum Gasteiger partial charge on any atom is -0.0231 e. The van der Waals surface area contributed by atoms with Crippen LogP contribution in [-0.2, 0) is 0 Å². The molecule has 11 heavy (non-hydrogen) atoms. The van der Waals surface area contributed by atoms with Gasteiger partial charge in [0.1, 0.15) is 0 Å². The highest BCUT2D eigenvalue weighted by Gasteiger charge is 2.25. The van der Waals surface area contributed by atoms with Crippen molar-refractivity contribution in [2.45, 2.75) is 45.4 Å². The van der Waals surface area contributed by atoms with Gasteiger partial charge in [0.25, 0.3) is 0 Å². The van der Waals surface area contributed by atoms with Gasteiger partial charge in [-0.3, -0.25) is 0 Å². The zero-order chi connectivity index (χ0) is 8.10. The molecule has 0 radical (unpaired) electrons. The van der Waals surface area contributed by atoms with Crippen molar-refractivity contribution in [3.63, 3.8) is 0 Å². The Morgan fingerprint density at radius 1 is 1.36 bits per heavy atom. The summed E-state index contributed by atoms with van der Waals surface area (Å²) in [6, 6.07) is 0. The van der Waals surface area contributed by atoms with Gasteiger partial charge in [0.2, 0.25) is 0 Å². The summed E-state index contributed by atoms with van der Waals surface area (Å²) in [5.74, 6) is 1.91. The summed E-state index contributed by atoms with van der Waals surface area (Å²) in [6.45, 7) is 6.08. The van der Waals surface area contributed by atoms with E-state index in [1.165, 1.54) is 38.5 Å². The first-order valence-corrected chi connectivity index (χ1v) is 4.99. The molecule has 1 saturated carbocycles. The van der Waals surface area contributed by atoms with Gasteiger partial charge in [-0.05, 0) is 24.7 Å². The third-order valence-corrected chi connectivity index (χ3v) is 2.82. The summed E-state index contributed by atoms with van der Waals surface area (Å²) >= 11 is 0. The molecule has 1 aliphatic carbocycles. The molecule has 0 nitrogen and oxygen atoms in total. The van der Waals surface area contributed by atoms with Gasteiger partial charge in [-0.25, -0.2) is 0 Å². The van der Waals surface area contributed by atoms with Crippen molar-refractivity contribution < 1.29 is 0 Å². The van der Waals surface area contributed by atoms with E-state index in [1.807, 2.05) is 0 Å². The molecule has 0 aromatic carbocycles. The Bertz CT molecular complexity index is 109. The minimum absolute atomic E-state index is 0.863. The molecule has 0 aromatic rings. The molecule has 0 atom stereocenters. The molecule has 1 rings (SSSR count). The number of hydrogen-bond donors (Lipinski definition) is 0. The Balaban J connectivity index is 1.91. The van der Waals surface area contributed by atoms with Crippen molar-refractivity contribution in [3.8, 4) is 0 Å². The van der Waals surface area contributed by atoms with Gasteiger partial charge >= 0.3 is 0 Å². The van der Waals surface area contributed by atoms with Crippen LogP contribution in [0.3, 0.4) is 0 Å². The molecule has 0 heterocycles. The molecule has 0 N–H and O–H groups in total. The monoisotopic (exact) mass is 152 g/mol. The molecule has 0 aliphatic heterocycles. The van der Waals surface area contributed by atoms with Gasteiger partial charge in [0, 0.05) is 0 Å². The van der Waals surface area contributed by atoms with Crippen molar-refractivity contribution in [2.75, 3.05) is 0 Å². The second-order valence-electron chi connectivity index (χ2n) is 3.83. The Hall–Kier alpha value is -0.260. The summed E-state index contributed by atoms with van der Waals surface area (Å²) in [5, 5.41) is 0. The van der Waals surface area contributed by atoms with Crippen LogP contribution < -0.4 is 0 Å². The molecular weight excluding hydrogens is 132 g/mol. The largest absolute Gasteiger partial charge is 0.103 e. The molecule has 1 fully saturated rings. The van der Waals surface area contributed by atoms with Crippen LogP contribution in [-0.4, -0.2) is 0 Å². The van der Waals surface area contributed by atoms with Gasteiger partial charge in [-0.15, -0.1) is 6.58 Å². The lowest BCUT2D eigenvalue weighted by Gasteiger charge is -2.33. The van der Waals surface area contributed by atoms with E-state index < -0.39 is 0 Å². The minimum atomic E-state index is 0.863. The van der Waals surface area contributed by atoms with Crippen LogP contribution in [0.4, 0.5) is 0 Å². The van der Waals surface area contributed by atoms with Gasteiger partial charge in [-0.2, -0.15) is 0 Å². The molecule has 0 heteroatoms. The number of rotatable bonds is 5. The van der Waals surface area contributed by atoms with E-state index in [2.05, 4.69) is 19.6 Å². The number of unbranched alkanes of at least 4 members (excludes halogenated alkanes) is 2. The van der Waals surface area contributed by atoms with Crippen molar-refractivity contribution in [3.05, 3.63) is 12.7 Å². The number of allylic oxidation sites excluding steroid dienone is 1. The van der Waals surface area contributed by atoms with Crippen LogP contribution in [0.5, 0.6) is 0 Å². The fourth-order valence-electron chi connectivity index (χ4n) is 1.90. The highest BCUT2D eigenvalue weighted by molar-refractivity contribution is 4.90. The molecule has 1 aliphatic rings. The smallest absolute Gasteiger partial charge is 0.0231 e. The van der Waals surface area contributed by atoms with Crippen molar-refractivity contribution in [1.29, 1.82) is 0 Å². The van der Waals surface area contributed by atoms with E-state index in [9.17, 15) is 0 Å². The summed E-state index contributed by atoms with van der Waals surface area (Å²) in [6.07, 6.45) is 10.7.